The van der Waals surface area contributed by atoms with Crippen molar-refractivity contribution in [2.45, 2.75) is 6.36 Å². The second kappa shape index (κ2) is 6.65. The number of benzene rings is 1. The molecular weight excluding hydrogens is 367 g/mol. The van der Waals surface area contributed by atoms with Crippen LogP contribution in [0.1, 0.15) is 10.4 Å². The van der Waals surface area contributed by atoms with Gasteiger partial charge in [0.1, 0.15) is 11.2 Å². The Bertz CT molecular complexity index is 723. The van der Waals surface area contributed by atoms with Crippen molar-refractivity contribution in [2.24, 2.45) is 5.10 Å². The van der Waals surface area contributed by atoms with E-state index < -0.39 is 18.0 Å². The molecule has 116 valence electrons. The maximum absolute atomic E-state index is 12.1. The fourth-order valence-corrected chi connectivity index (χ4v) is 1.72. The smallest absolute Gasteiger partial charge is 0.406 e. The van der Waals surface area contributed by atoms with Crippen molar-refractivity contribution in [3.63, 3.8) is 0 Å². The first-order chi connectivity index (χ1) is 10.3. The Morgan fingerprint density at radius 2 is 2.05 bits per heavy atom. The van der Waals surface area contributed by atoms with Gasteiger partial charge in [-0.3, -0.25) is 4.79 Å². The molecule has 0 saturated heterocycles. The summed E-state index contributed by atoms with van der Waals surface area (Å²) in [7, 11) is 0. The first kappa shape index (κ1) is 16.1. The van der Waals surface area contributed by atoms with Crippen LogP contribution in [0, 0.1) is 0 Å². The van der Waals surface area contributed by atoms with Gasteiger partial charge in [-0.2, -0.15) is 5.10 Å². The van der Waals surface area contributed by atoms with Gasteiger partial charge in [-0.15, -0.1) is 13.2 Å². The number of halogens is 4. The fraction of sp³-hybridized carbons (Fsp3) is 0.0769. The molecule has 0 saturated carbocycles. The molecule has 2 rings (SSSR count). The Morgan fingerprint density at radius 3 is 2.68 bits per heavy atom. The maximum Gasteiger partial charge on any atom is 0.573 e. The molecule has 2 N–H and O–H groups in total. The van der Waals surface area contributed by atoms with Crippen LogP contribution in [0.3, 0.4) is 0 Å². The second-order valence-corrected chi connectivity index (χ2v) is 4.94. The number of carbonyl (C=O) groups excluding carboxylic acids is 1. The van der Waals surface area contributed by atoms with Crippen LogP contribution in [0.15, 0.2) is 52.2 Å². The molecule has 0 radical (unpaired) electrons. The van der Waals surface area contributed by atoms with E-state index in [1.165, 1.54) is 12.1 Å². The number of H-pyrrole nitrogens is 1. The third-order valence-electron chi connectivity index (χ3n) is 2.37. The highest BCUT2D eigenvalue weighted by atomic mass is 79.9. The fourth-order valence-electron chi connectivity index (χ4n) is 1.48. The zero-order valence-corrected chi connectivity index (χ0v) is 12.4. The number of nitrogens with one attached hydrogen (secondary N) is 2. The first-order valence-electron chi connectivity index (χ1n) is 5.87. The van der Waals surface area contributed by atoms with Gasteiger partial charge in [-0.05, 0) is 46.3 Å². The predicted octanol–water partition coefficient (Wildman–Crippen LogP) is 2.92. The molecule has 0 aliphatic rings. The van der Waals surface area contributed by atoms with Gasteiger partial charge < -0.3 is 9.72 Å². The monoisotopic (exact) mass is 375 g/mol. The van der Waals surface area contributed by atoms with Gasteiger partial charge in [-0.1, -0.05) is 6.07 Å². The molecule has 0 unspecified atom stereocenters. The largest absolute Gasteiger partial charge is 0.573 e. The number of nitrogens with zero attached hydrogens (tertiary/aromatic N) is 1. The minimum absolute atomic E-state index is 0.0115. The summed E-state index contributed by atoms with van der Waals surface area (Å²) in [5.74, 6) is -1.14. The lowest BCUT2D eigenvalue weighted by Gasteiger charge is -2.09. The zero-order chi connectivity index (χ0) is 16.2. The SMILES string of the molecule is O=C(N/N=c1/ccc(Br)c[nH]1)c1cccc(OC(F)(F)F)c1. The number of ether oxygens (including phenoxy) is 1. The molecule has 1 heterocycles. The van der Waals surface area contributed by atoms with E-state index in [2.05, 4.69) is 36.2 Å². The molecule has 2 aromatic rings. The summed E-state index contributed by atoms with van der Waals surface area (Å²) >= 11 is 3.23. The Balaban J connectivity index is 2.11. The molecule has 0 aliphatic heterocycles. The molecule has 1 aromatic carbocycles. The number of hydrogen-bond donors (Lipinski definition) is 2. The topological polar surface area (TPSA) is 66.5 Å². The van der Waals surface area contributed by atoms with Crippen molar-refractivity contribution in [1.29, 1.82) is 0 Å². The summed E-state index contributed by atoms with van der Waals surface area (Å²) in [6.45, 7) is 0. The summed E-state index contributed by atoms with van der Waals surface area (Å²) in [4.78, 5) is 14.6. The van der Waals surface area contributed by atoms with Crippen LogP contribution in [0.25, 0.3) is 0 Å². The lowest BCUT2D eigenvalue weighted by molar-refractivity contribution is -0.274. The van der Waals surface area contributed by atoms with Crippen LogP contribution in [0.4, 0.5) is 13.2 Å². The molecular formula is C13H9BrF3N3O2. The van der Waals surface area contributed by atoms with Crippen molar-refractivity contribution < 1.29 is 22.7 Å². The molecule has 9 heteroatoms. The Morgan fingerprint density at radius 1 is 1.27 bits per heavy atom. The van der Waals surface area contributed by atoms with E-state index in [0.717, 1.165) is 16.6 Å². The molecule has 0 spiro atoms. The van der Waals surface area contributed by atoms with E-state index in [1.54, 1.807) is 18.3 Å². The minimum Gasteiger partial charge on any atom is -0.406 e. The van der Waals surface area contributed by atoms with Crippen molar-refractivity contribution >= 4 is 21.8 Å². The number of carbonyl (C=O) groups is 1. The molecule has 0 bridgehead atoms. The van der Waals surface area contributed by atoms with Crippen LogP contribution in [0.5, 0.6) is 5.75 Å². The van der Waals surface area contributed by atoms with Gasteiger partial charge >= 0.3 is 6.36 Å². The quantitative estimate of drug-likeness (QED) is 0.810. The number of rotatable bonds is 3. The summed E-state index contributed by atoms with van der Waals surface area (Å²) in [5.41, 5.74) is 2.59. The maximum atomic E-state index is 12.1. The number of aromatic nitrogens is 1. The van der Waals surface area contributed by atoms with Gasteiger partial charge in [0, 0.05) is 16.2 Å². The van der Waals surface area contributed by atoms with Crippen molar-refractivity contribution in [2.75, 3.05) is 0 Å². The summed E-state index contributed by atoms with van der Waals surface area (Å²) in [5, 5.41) is 3.79. The summed E-state index contributed by atoms with van der Waals surface area (Å²) in [6.07, 6.45) is -3.20. The molecule has 0 atom stereocenters. The normalized spacial score (nSPS) is 12.1. The van der Waals surface area contributed by atoms with Crippen LogP contribution in [0.2, 0.25) is 0 Å². The van der Waals surface area contributed by atoms with Crippen LogP contribution < -0.4 is 15.7 Å². The molecule has 1 amide bonds. The highest BCUT2D eigenvalue weighted by Gasteiger charge is 2.31. The Hall–Kier alpha value is -2.29. The highest BCUT2D eigenvalue weighted by Crippen LogP contribution is 2.23. The first-order valence-corrected chi connectivity index (χ1v) is 6.67. The van der Waals surface area contributed by atoms with Crippen LogP contribution >= 0.6 is 15.9 Å². The van der Waals surface area contributed by atoms with E-state index in [1.807, 2.05) is 0 Å². The lowest BCUT2D eigenvalue weighted by Crippen LogP contribution is -2.22. The third-order valence-corrected chi connectivity index (χ3v) is 2.86. The minimum atomic E-state index is -4.81. The van der Waals surface area contributed by atoms with Gasteiger partial charge in [0.2, 0.25) is 0 Å². The van der Waals surface area contributed by atoms with Crippen LogP contribution in [-0.4, -0.2) is 17.3 Å². The van der Waals surface area contributed by atoms with Crippen molar-refractivity contribution in [3.8, 4) is 5.75 Å². The average molecular weight is 376 g/mol. The standard InChI is InChI=1S/C13H9BrF3N3O2/c14-9-4-5-11(18-7-9)19-20-12(21)8-2-1-3-10(6-8)22-13(15,16)17/h1-7H,(H,18,19)(H,20,21). The van der Waals surface area contributed by atoms with Crippen molar-refractivity contribution in [3.05, 3.63) is 58.1 Å². The van der Waals surface area contributed by atoms with Gasteiger partial charge in [-0.25, -0.2) is 5.43 Å². The summed E-state index contributed by atoms with van der Waals surface area (Å²) in [6, 6.07) is 8.02. The van der Waals surface area contributed by atoms with E-state index in [9.17, 15) is 18.0 Å². The second-order valence-electron chi connectivity index (χ2n) is 4.02. The number of aromatic amines is 1. The number of pyridine rings is 1. The number of alkyl halides is 3. The van der Waals surface area contributed by atoms with Gasteiger partial charge in [0.05, 0.1) is 0 Å². The van der Waals surface area contributed by atoms with E-state index in [-0.39, 0.29) is 5.56 Å². The van der Waals surface area contributed by atoms with E-state index >= 15 is 0 Å². The number of hydrogen-bond acceptors (Lipinski definition) is 3. The highest BCUT2D eigenvalue weighted by molar-refractivity contribution is 9.10. The van der Waals surface area contributed by atoms with Gasteiger partial charge in [0.25, 0.3) is 5.91 Å². The molecule has 1 aromatic heterocycles. The Kier molecular flexibility index (Phi) is 4.86. The Labute approximate surface area is 130 Å². The molecule has 0 fully saturated rings. The number of amides is 1. The van der Waals surface area contributed by atoms with Crippen LogP contribution in [-0.2, 0) is 0 Å². The summed E-state index contributed by atoms with van der Waals surface area (Å²) < 4.78 is 40.9. The molecule has 5 nitrogen and oxygen atoms in total. The van der Waals surface area contributed by atoms with E-state index in [4.69, 9.17) is 0 Å². The molecule has 22 heavy (non-hydrogen) atoms. The third kappa shape index (κ3) is 4.92. The predicted molar refractivity (Wildman–Crippen MR) is 74.6 cm³/mol. The average Bonchev–Trinajstić information content (AvgIpc) is 2.45. The van der Waals surface area contributed by atoms with Crippen molar-refractivity contribution in [1.82, 2.24) is 10.4 Å². The zero-order valence-electron chi connectivity index (χ0n) is 10.8. The lowest BCUT2D eigenvalue weighted by atomic mass is 10.2. The van der Waals surface area contributed by atoms with E-state index in [0.29, 0.717) is 5.49 Å². The molecule has 0 aliphatic carbocycles. The van der Waals surface area contributed by atoms with Gasteiger partial charge in [0.15, 0.2) is 0 Å².